The molecule has 0 bridgehead atoms. The van der Waals surface area contributed by atoms with Gasteiger partial charge >= 0.3 is 0 Å². The second-order valence-corrected chi connectivity index (χ2v) is 25.3. The van der Waals surface area contributed by atoms with Gasteiger partial charge in [-0.05, 0) is 82.9 Å². The standard InChI is InChI=1S/C90H54N4O2/c1-7-27-55(28-8-1)61-39-19-41-63-65-43-23-53-75(89(65)95-87(61)63)91(59-35-15-5-16-36-59)71-49-25-51-73-79(71)67-45-21-47-69-81-78(58-33-13-4-14-34-58)86-82(77(57-31-11-3-12-32-57)85(81)93(73)83(67)69)70-48-22-46-68-80-72(50-26-52-74(80)94(86)84(68)70)92(60-37-17-6-18-38-60)76-54-24-44-66-64-42-20-40-62(88(64)96-90(66)76)56-29-9-2-10-30-56/h1-54H. The van der Waals surface area contributed by atoms with Crippen molar-refractivity contribution in [3.8, 4) is 44.5 Å². The molecule has 6 aromatic heterocycles. The van der Waals surface area contributed by atoms with Gasteiger partial charge in [0.1, 0.15) is 11.2 Å². The lowest BCUT2D eigenvalue weighted by Gasteiger charge is -2.26. The molecule has 0 saturated carbocycles. The number of furan rings is 2. The number of fused-ring (bicyclic) bond motifs is 18. The van der Waals surface area contributed by atoms with Crippen molar-refractivity contribution in [3.63, 3.8) is 0 Å². The van der Waals surface area contributed by atoms with Gasteiger partial charge in [0, 0.05) is 98.3 Å². The predicted molar refractivity (Wildman–Crippen MR) is 401 cm³/mol. The minimum atomic E-state index is 0.833. The summed E-state index contributed by atoms with van der Waals surface area (Å²) in [6.45, 7) is 0. The zero-order valence-corrected chi connectivity index (χ0v) is 51.8. The van der Waals surface area contributed by atoms with Gasteiger partial charge in [-0.1, -0.05) is 267 Å². The van der Waals surface area contributed by atoms with Crippen LogP contribution in [0.5, 0.6) is 0 Å². The van der Waals surface area contributed by atoms with Crippen molar-refractivity contribution in [1.82, 2.24) is 8.80 Å². The molecule has 446 valence electrons. The number of nitrogens with zero attached hydrogens (tertiary/aromatic N) is 4. The summed E-state index contributed by atoms with van der Waals surface area (Å²) in [4.78, 5) is 4.85. The molecule has 0 atom stereocenters. The third-order valence-electron chi connectivity index (χ3n) is 20.3. The number of hydrogen-bond donors (Lipinski definition) is 0. The van der Waals surface area contributed by atoms with Crippen molar-refractivity contribution in [2.75, 3.05) is 9.80 Å². The number of anilines is 6. The quantitative estimate of drug-likeness (QED) is 0.137. The smallest absolute Gasteiger partial charge is 0.159 e. The lowest BCUT2D eigenvalue weighted by atomic mass is 9.89. The van der Waals surface area contributed by atoms with E-state index >= 15 is 0 Å². The molecule has 6 heterocycles. The third-order valence-corrected chi connectivity index (χ3v) is 20.3. The van der Waals surface area contributed by atoms with Crippen molar-refractivity contribution in [2.24, 2.45) is 0 Å². The Hall–Kier alpha value is -12.9. The van der Waals surface area contributed by atoms with Crippen LogP contribution in [0.4, 0.5) is 34.1 Å². The molecule has 0 unspecified atom stereocenters. The number of rotatable bonds is 10. The van der Waals surface area contributed by atoms with Crippen LogP contribution >= 0.6 is 0 Å². The molecule has 0 aliphatic heterocycles. The van der Waals surface area contributed by atoms with E-state index in [2.05, 4.69) is 346 Å². The Bertz CT molecular complexity index is 6260. The van der Waals surface area contributed by atoms with Crippen LogP contribution in [0, 0.1) is 0 Å². The summed E-state index contributed by atoms with van der Waals surface area (Å²) in [7, 11) is 0. The van der Waals surface area contributed by atoms with Crippen LogP contribution in [0.25, 0.3) is 165 Å². The summed E-state index contributed by atoms with van der Waals surface area (Å²) in [6, 6.07) is 119. The Kier molecular flexibility index (Phi) is 11.1. The fraction of sp³-hybridized carbons (Fsp3) is 0. The third kappa shape index (κ3) is 7.29. The summed E-state index contributed by atoms with van der Waals surface area (Å²) in [5.74, 6) is 0. The molecule has 21 aromatic rings. The van der Waals surface area contributed by atoms with Crippen molar-refractivity contribution in [3.05, 3.63) is 328 Å². The van der Waals surface area contributed by atoms with Gasteiger partial charge in [-0.25, -0.2) is 0 Å². The monoisotopic (exact) mass is 1220 g/mol. The molecule has 15 aromatic carbocycles. The van der Waals surface area contributed by atoms with Gasteiger partial charge < -0.3 is 27.4 Å². The molecule has 0 amide bonds. The number of benzene rings is 15. The molecule has 0 aliphatic rings. The molecule has 0 aliphatic carbocycles. The van der Waals surface area contributed by atoms with Crippen LogP contribution in [0.15, 0.2) is 336 Å². The first-order chi connectivity index (χ1) is 47.7. The highest BCUT2D eigenvalue weighted by atomic mass is 16.3. The van der Waals surface area contributed by atoms with E-state index < -0.39 is 0 Å². The van der Waals surface area contributed by atoms with Gasteiger partial charge in [0.15, 0.2) is 11.2 Å². The molecule has 6 nitrogen and oxygen atoms in total. The van der Waals surface area contributed by atoms with Gasteiger partial charge in [-0.2, -0.15) is 0 Å². The summed E-state index contributed by atoms with van der Waals surface area (Å²) >= 11 is 0. The first kappa shape index (κ1) is 52.7. The largest absolute Gasteiger partial charge is 0.453 e. The molecule has 96 heavy (non-hydrogen) atoms. The van der Waals surface area contributed by atoms with E-state index in [4.69, 9.17) is 8.83 Å². The topological polar surface area (TPSA) is 41.6 Å². The van der Waals surface area contributed by atoms with Gasteiger partial charge in [-0.15, -0.1) is 0 Å². The van der Waals surface area contributed by atoms with E-state index in [1.165, 1.54) is 65.5 Å². The highest BCUT2D eigenvalue weighted by Gasteiger charge is 2.34. The molecule has 0 saturated heterocycles. The maximum Gasteiger partial charge on any atom is 0.159 e. The van der Waals surface area contributed by atoms with E-state index in [9.17, 15) is 0 Å². The van der Waals surface area contributed by atoms with Crippen LogP contribution in [0.2, 0.25) is 0 Å². The van der Waals surface area contributed by atoms with Crippen molar-refractivity contribution >= 4 is 154 Å². The van der Waals surface area contributed by atoms with Crippen molar-refractivity contribution < 1.29 is 8.83 Å². The minimum absolute atomic E-state index is 0.833. The first-order valence-corrected chi connectivity index (χ1v) is 32.9. The second kappa shape index (κ2) is 20.3. The van der Waals surface area contributed by atoms with E-state index in [0.717, 1.165) is 133 Å². The van der Waals surface area contributed by atoms with Gasteiger partial charge in [-0.3, -0.25) is 0 Å². The Morgan fingerprint density at radius 3 is 0.885 bits per heavy atom. The highest BCUT2D eigenvalue weighted by molar-refractivity contribution is 6.39. The summed E-state index contributed by atoms with van der Waals surface area (Å²) in [5.41, 5.74) is 25.6. The molecular weight excluding hydrogens is 1170 g/mol. The van der Waals surface area contributed by atoms with Gasteiger partial charge in [0.2, 0.25) is 0 Å². The SMILES string of the molecule is c1ccc(-c2cccc3c2oc2c(N(c4ccccc4)c4cccc5c4c4cccc6c7c(-c8ccccc8)c8c(c(-c9ccccc9)c7n5c46)c4cccc5c6c(N(c7ccccc7)c7cccc9c7oc7c(-c%10ccccc%10)cccc79)cccc6n8c54)cccc23)cc1. The zero-order valence-electron chi connectivity index (χ0n) is 51.8. The molecule has 0 spiro atoms. The van der Waals surface area contributed by atoms with Crippen LogP contribution in [-0.2, 0) is 0 Å². The van der Waals surface area contributed by atoms with Crippen LogP contribution < -0.4 is 9.80 Å². The van der Waals surface area contributed by atoms with Crippen LogP contribution in [0.3, 0.4) is 0 Å². The molecule has 6 heteroatoms. The van der Waals surface area contributed by atoms with Gasteiger partial charge in [0.05, 0.1) is 55.8 Å². The summed E-state index contributed by atoms with van der Waals surface area (Å²) in [5, 5.41) is 13.8. The second-order valence-electron chi connectivity index (χ2n) is 25.3. The first-order valence-electron chi connectivity index (χ1n) is 32.9. The molecule has 0 N–H and O–H groups in total. The number of aromatic nitrogens is 2. The predicted octanol–water partition coefficient (Wildman–Crippen LogP) is 25.4. The lowest BCUT2D eigenvalue weighted by molar-refractivity contribution is 0.670. The normalized spacial score (nSPS) is 12.2. The minimum Gasteiger partial charge on any atom is -0.453 e. The van der Waals surface area contributed by atoms with E-state index in [-0.39, 0.29) is 0 Å². The van der Waals surface area contributed by atoms with Crippen molar-refractivity contribution in [2.45, 2.75) is 0 Å². The fourth-order valence-electron chi connectivity index (χ4n) is 16.5. The Morgan fingerprint density at radius 2 is 0.500 bits per heavy atom. The molecule has 21 rings (SSSR count). The van der Waals surface area contributed by atoms with Crippen LogP contribution in [-0.4, -0.2) is 8.80 Å². The van der Waals surface area contributed by atoms with Crippen molar-refractivity contribution in [1.29, 1.82) is 0 Å². The van der Waals surface area contributed by atoms with Crippen LogP contribution in [0.1, 0.15) is 0 Å². The maximum absolute atomic E-state index is 7.25. The number of hydrogen-bond acceptors (Lipinski definition) is 4. The van der Waals surface area contributed by atoms with Gasteiger partial charge in [0.25, 0.3) is 0 Å². The van der Waals surface area contributed by atoms with E-state index in [1.54, 1.807) is 0 Å². The molecule has 0 fully saturated rings. The lowest BCUT2D eigenvalue weighted by Crippen LogP contribution is -2.10. The van der Waals surface area contributed by atoms with E-state index in [0.29, 0.717) is 0 Å². The summed E-state index contributed by atoms with van der Waals surface area (Å²) < 4.78 is 19.7. The number of para-hydroxylation sites is 8. The Balaban J connectivity index is 0.869. The average molecular weight is 1220 g/mol. The fourth-order valence-corrected chi connectivity index (χ4v) is 16.5. The Labute approximate surface area is 550 Å². The zero-order chi connectivity index (χ0) is 62.7. The summed E-state index contributed by atoms with van der Waals surface area (Å²) in [6.07, 6.45) is 0. The Morgan fingerprint density at radius 1 is 0.208 bits per heavy atom. The average Bonchev–Trinajstić information content (AvgIpc) is 1.49. The van der Waals surface area contributed by atoms with E-state index in [1.807, 2.05) is 0 Å². The highest BCUT2D eigenvalue weighted by Crippen LogP contribution is 2.57. The molecule has 0 radical (unpaired) electrons. The molecular formula is C90H54N4O2. The maximum atomic E-state index is 7.25.